The number of aromatic nitrogens is 2. The lowest BCUT2D eigenvalue weighted by Gasteiger charge is -2.05. The van der Waals surface area contributed by atoms with Gasteiger partial charge in [-0.1, -0.05) is 6.07 Å². The number of nitrogens with zero attached hydrogens (tertiary/aromatic N) is 4. The van der Waals surface area contributed by atoms with Gasteiger partial charge in [0, 0.05) is 12.1 Å². The standard InChI is InChI=1S/C13H11N5O3/c14-7-10-2-1-3-11(6-10)13(19)15-4-5-17-9-12(8-16-17)18(20)21/h1-3,6,8-9H,4-5H2,(H,15,19). The van der Waals surface area contributed by atoms with E-state index in [0.29, 0.717) is 17.7 Å². The molecule has 0 saturated heterocycles. The summed E-state index contributed by atoms with van der Waals surface area (Å²) in [7, 11) is 0. The predicted octanol–water partition coefficient (Wildman–Crippen LogP) is 1.09. The fourth-order valence-electron chi connectivity index (χ4n) is 1.69. The van der Waals surface area contributed by atoms with E-state index in [4.69, 9.17) is 5.26 Å². The normalized spacial score (nSPS) is 9.86. The van der Waals surface area contributed by atoms with Gasteiger partial charge in [0.25, 0.3) is 5.91 Å². The molecule has 2 rings (SSSR count). The Labute approximate surface area is 119 Å². The first-order chi connectivity index (χ1) is 10.1. The van der Waals surface area contributed by atoms with Crippen LogP contribution in [0, 0.1) is 21.4 Å². The molecule has 21 heavy (non-hydrogen) atoms. The Morgan fingerprint density at radius 1 is 1.52 bits per heavy atom. The zero-order valence-electron chi connectivity index (χ0n) is 10.9. The second-order valence-corrected chi connectivity index (χ2v) is 4.17. The summed E-state index contributed by atoms with van der Waals surface area (Å²) >= 11 is 0. The van der Waals surface area contributed by atoms with Crippen molar-refractivity contribution in [2.24, 2.45) is 0 Å². The van der Waals surface area contributed by atoms with E-state index in [1.807, 2.05) is 6.07 Å². The van der Waals surface area contributed by atoms with Crippen molar-refractivity contribution in [1.29, 1.82) is 5.26 Å². The summed E-state index contributed by atoms with van der Waals surface area (Å²) in [5.74, 6) is -0.311. The summed E-state index contributed by atoms with van der Waals surface area (Å²) < 4.78 is 1.38. The van der Waals surface area contributed by atoms with Gasteiger partial charge in [0.05, 0.1) is 23.1 Å². The monoisotopic (exact) mass is 285 g/mol. The molecule has 2 aromatic rings. The van der Waals surface area contributed by atoms with Gasteiger partial charge < -0.3 is 5.32 Å². The first kappa shape index (κ1) is 14.2. The highest BCUT2D eigenvalue weighted by Gasteiger charge is 2.09. The first-order valence-corrected chi connectivity index (χ1v) is 6.05. The van der Waals surface area contributed by atoms with E-state index in [-0.39, 0.29) is 18.1 Å². The third kappa shape index (κ3) is 3.63. The van der Waals surface area contributed by atoms with Gasteiger partial charge in [0.2, 0.25) is 0 Å². The molecule has 0 radical (unpaired) electrons. The summed E-state index contributed by atoms with van der Waals surface area (Å²) in [5, 5.41) is 25.7. The number of carbonyl (C=O) groups is 1. The van der Waals surface area contributed by atoms with Crippen LogP contribution in [-0.2, 0) is 6.54 Å². The van der Waals surface area contributed by atoms with Gasteiger partial charge in [-0.15, -0.1) is 0 Å². The Morgan fingerprint density at radius 2 is 2.33 bits per heavy atom. The van der Waals surface area contributed by atoms with Crippen LogP contribution in [0.1, 0.15) is 15.9 Å². The van der Waals surface area contributed by atoms with Crippen LogP contribution in [0.2, 0.25) is 0 Å². The van der Waals surface area contributed by atoms with Gasteiger partial charge >= 0.3 is 5.69 Å². The molecule has 8 heteroatoms. The number of carbonyl (C=O) groups excluding carboxylic acids is 1. The third-order valence-corrected chi connectivity index (χ3v) is 2.71. The number of hydrogen-bond acceptors (Lipinski definition) is 5. The van der Waals surface area contributed by atoms with E-state index in [1.165, 1.54) is 16.9 Å². The molecule has 0 unspecified atom stereocenters. The number of nitriles is 1. The molecule has 0 aliphatic carbocycles. The molecule has 1 heterocycles. The lowest BCUT2D eigenvalue weighted by Crippen LogP contribution is -2.27. The largest absolute Gasteiger partial charge is 0.350 e. The van der Waals surface area contributed by atoms with E-state index < -0.39 is 4.92 Å². The number of amides is 1. The Balaban J connectivity index is 1.89. The van der Waals surface area contributed by atoms with E-state index >= 15 is 0 Å². The summed E-state index contributed by atoms with van der Waals surface area (Å²) in [5.41, 5.74) is 0.703. The van der Waals surface area contributed by atoms with Crippen molar-refractivity contribution in [3.05, 3.63) is 57.9 Å². The fraction of sp³-hybridized carbons (Fsp3) is 0.154. The molecule has 0 saturated carbocycles. The number of rotatable bonds is 5. The molecule has 0 fully saturated rings. The molecular weight excluding hydrogens is 274 g/mol. The van der Waals surface area contributed by atoms with E-state index in [0.717, 1.165) is 6.20 Å². The Hall–Kier alpha value is -3.21. The van der Waals surface area contributed by atoms with Gasteiger partial charge in [-0.2, -0.15) is 10.4 Å². The number of nitro groups is 1. The minimum atomic E-state index is -0.532. The number of nitrogens with one attached hydrogen (secondary N) is 1. The predicted molar refractivity (Wildman–Crippen MR) is 72.4 cm³/mol. The van der Waals surface area contributed by atoms with Gasteiger partial charge in [0.1, 0.15) is 12.4 Å². The van der Waals surface area contributed by atoms with Crippen LogP contribution in [0.5, 0.6) is 0 Å². The minimum Gasteiger partial charge on any atom is -0.350 e. The smallest absolute Gasteiger partial charge is 0.306 e. The SMILES string of the molecule is N#Cc1cccc(C(=O)NCCn2cc([N+](=O)[O-])cn2)c1. The molecule has 1 N–H and O–H groups in total. The highest BCUT2D eigenvalue weighted by atomic mass is 16.6. The van der Waals surface area contributed by atoms with E-state index in [1.54, 1.807) is 18.2 Å². The first-order valence-electron chi connectivity index (χ1n) is 6.05. The van der Waals surface area contributed by atoms with Crippen LogP contribution < -0.4 is 5.32 Å². The molecular formula is C13H11N5O3. The quantitative estimate of drug-likeness (QED) is 0.652. The number of benzene rings is 1. The fourth-order valence-corrected chi connectivity index (χ4v) is 1.69. The van der Waals surface area contributed by atoms with Crippen LogP contribution in [-0.4, -0.2) is 27.2 Å². The maximum atomic E-state index is 11.9. The molecule has 0 aliphatic rings. The van der Waals surface area contributed by atoms with Crippen molar-refractivity contribution < 1.29 is 9.72 Å². The molecule has 8 nitrogen and oxygen atoms in total. The summed E-state index contributed by atoms with van der Waals surface area (Å²) in [6.07, 6.45) is 2.45. The van der Waals surface area contributed by atoms with Crippen molar-refractivity contribution >= 4 is 11.6 Å². The molecule has 0 spiro atoms. The zero-order valence-corrected chi connectivity index (χ0v) is 10.9. The van der Waals surface area contributed by atoms with Crippen molar-refractivity contribution in [3.63, 3.8) is 0 Å². The van der Waals surface area contributed by atoms with Crippen LogP contribution in [0.4, 0.5) is 5.69 Å². The van der Waals surface area contributed by atoms with E-state index in [2.05, 4.69) is 10.4 Å². The molecule has 0 bridgehead atoms. The van der Waals surface area contributed by atoms with Crippen LogP contribution >= 0.6 is 0 Å². The molecule has 1 amide bonds. The van der Waals surface area contributed by atoms with Crippen molar-refractivity contribution in [3.8, 4) is 6.07 Å². The lowest BCUT2D eigenvalue weighted by atomic mass is 10.1. The summed E-state index contributed by atoms with van der Waals surface area (Å²) in [6.45, 7) is 0.589. The molecule has 106 valence electrons. The van der Waals surface area contributed by atoms with Gasteiger partial charge in [0.15, 0.2) is 0 Å². The summed E-state index contributed by atoms with van der Waals surface area (Å²) in [4.78, 5) is 21.8. The Kier molecular flexibility index (Phi) is 4.26. The second-order valence-electron chi connectivity index (χ2n) is 4.17. The van der Waals surface area contributed by atoms with Gasteiger partial charge in [-0.05, 0) is 18.2 Å². The number of hydrogen-bond donors (Lipinski definition) is 1. The molecule has 0 aliphatic heterocycles. The zero-order chi connectivity index (χ0) is 15.2. The maximum Gasteiger partial charge on any atom is 0.306 e. The topological polar surface area (TPSA) is 114 Å². The minimum absolute atomic E-state index is 0.0944. The molecule has 0 atom stereocenters. The Morgan fingerprint density at radius 3 is 3.00 bits per heavy atom. The van der Waals surface area contributed by atoms with Crippen molar-refractivity contribution in [1.82, 2.24) is 15.1 Å². The average molecular weight is 285 g/mol. The molecule has 1 aromatic carbocycles. The molecule has 1 aromatic heterocycles. The maximum absolute atomic E-state index is 11.9. The lowest BCUT2D eigenvalue weighted by molar-refractivity contribution is -0.385. The average Bonchev–Trinajstić information content (AvgIpc) is 2.96. The highest BCUT2D eigenvalue weighted by Crippen LogP contribution is 2.07. The van der Waals surface area contributed by atoms with Crippen LogP contribution in [0.3, 0.4) is 0 Å². The second kappa shape index (κ2) is 6.29. The van der Waals surface area contributed by atoms with Crippen molar-refractivity contribution in [2.75, 3.05) is 6.54 Å². The van der Waals surface area contributed by atoms with Crippen LogP contribution in [0.25, 0.3) is 0 Å². The third-order valence-electron chi connectivity index (χ3n) is 2.71. The summed E-state index contributed by atoms with van der Waals surface area (Å²) in [6, 6.07) is 8.30. The van der Waals surface area contributed by atoms with Gasteiger partial charge in [-0.3, -0.25) is 19.6 Å². The van der Waals surface area contributed by atoms with Crippen molar-refractivity contribution in [2.45, 2.75) is 6.54 Å². The van der Waals surface area contributed by atoms with Crippen LogP contribution in [0.15, 0.2) is 36.7 Å². The van der Waals surface area contributed by atoms with Gasteiger partial charge in [-0.25, -0.2) is 0 Å². The van der Waals surface area contributed by atoms with E-state index in [9.17, 15) is 14.9 Å². The Bertz CT molecular complexity index is 717. The highest BCUT2D eigenvalue weighted by molar-refractivity contribution is 5.94.